The number of nitrogens with one attached hydrogen (secondary N) is 1. The topological polar surface area (TPSA) is 120 Å². The third-order valence-electron chi connectivity index (χ3n) is 3.92. The Bertz CT molecular complexity index is 1230. The molecular weight excluding hydrogens is 384 g/mol. The smallest absolute Gasteiger partial charge is 0.346 e. The molecule has 0 radical (unpaired) electrons. The fraction of sp³-hybridized carbons (Fsp3) is 0.0556. The van der Waals surface area contributed by atoms with Crippen LogP contribution in [0.4, 0.5) is 16.5 Å². The molecule has 1 N–H and O–H groups in total. The van der Waals surface area contributed by atoms with Crippen LogP contribution in [0, 0.1) is 10.1 Å². The number of fused-ring (bicyclic) bond motifs is 1. The van der Waals surface area contributed by atoms with E-state index in [-0.39, 0.29) is 16.8 Å². The molecule has 0 bridgehead atoms. The molecule has 10 heteroatoms. The van der Waals surface area contributed by atoms with Crippen molar-refractivity contribution in [1.82, 2.24) is 10.2 Å². The van der Waals surface area contributed by atoms with Gasteiger partial charge in [-0.1, -0.05) is 11.3 Å². The first-order valence-electron chi connectivity index (χ1n) is 8.01. The van der Waals surface area contributed by atoms with Crippen LogP contribution in [0.2, 0.25) is 0 Å². The van der Waals surface area contributed by atoms with Crippen molar-refractivity contribution in [2.75, 3.05) is 12.4 Å². The fourth-order valence-corrected chi connectivity index (χ4v) is 3.32. The van der Waals surface area contributed by atoms with E-state index in [1.54, 1.807) is 19.2 Å². The normalized spacial score (nSPS) is 10.8. The second-order valence-electron chi connectivity index (χ2n) is 5.69. The predicted molar refractivity (Wildman–Crippen MR) is 104 cm³/mol. The lowest BCUT2D eigenvalue weighted by molar-refractivity contribution is -0.384. The van der Waals surface area contributed by atoms with Gasteiger partial charge in [-0.15, -0.1) is 10.2 Å². The molecule has 9 nitrogen and oxygen atoms in total. The first kappa shape index (κ1) is 17.6. The average Bonchev–Trinajstić information content (AvgIpc) is 3.15. The minimum Gasteiger partial charge on any atom is -0.497 e. The summed E-state index contributed by atoms with van der Waals surface area (Å²) in [4.78, 5) is 22.7. The maximum absolute atomic E-state index is 12.3. The van der Waals surface area contributed by atoms with Crippen LogP contribution in [0.5, 0.6) is 5.75 Å². The number of ether oxygens (including phenoxy) is 1. The van der Waals surface area contributed by atoms with Crippen molar-refractivity contribution in [3.05, 3.63) is 69.1 Å². The Balaban J connectivity index is 1.66. The lowest BCUT2D eigenvalue weighted by atomic mass is 10.2. The van der Waals surface area contributed by atoms with Gasteiger partial charge in [0.2, 0.25) is 5.13 Å². The second-order valence-corrected chi connectivity index (χ2v) is 6.67. The second kappa shape index (κ2) is 7.08. The molecular formula is C18H12N4O5S. The maximum atomic E-state index is 12.3. The van der Waals surface area contributed by atoms with Crippen molar-refractivity contribution < 1.29 is 14.1 Å². The van der Waals surface area contributed by atoms with Crippen molar-refractivity contribution in [3.63, 3.8) is 0 Å². The van der Waals surface area contributed by atoms with Gasteiger partial charge in [-0.2, -0.15) is 0 Å². The molecule has 0 fully saturated rings. The molecule has 0 saturated carbocycles. The van der Waals surface area contributed by atoms with Gasteiger partial charge in [0.25, 0.3) is 5.69 Å². The quantitative estimate of drug-likeness (QED) is 0.306. The first-order chi connectivity index (χ1) is 13.5. The summed E-state index contributed by atoms with van der Waals surface area (Å²) in [6, 6.07) is 12.8. The van der Waals surface area contributed by atoms with Crippen LogP contribution in [0.15, 0.2) is 57.7 Å². The number of anilines is 2. The van der Waals surface area contributed by atoms with Gasteiger partial charge in [0.05, 0.1) is 17.6 Å². The third kappa shape index (κ3) is 3.40. The zero-order valence-corrected chi connectivity index (χ0v) is 15.2. The average molecular weight is 396 g/mol. The van der Waals surface area contributed by atoms with E-state index in [4.69, 9.17) is 9.15 Å². The number of aromatic nitrogens is 2. The van der Waals surface area contributed by atoms with Crippen molar-refractivity contribution in [1.29, 1.82) is 0 Å². The molecule has 28 heavy (non-hydrogen) atoms. The Labute approximate surface area is 161 Å². The van der Waals surface area contributed by atoms with Gasteiger partial charge in [-0.3, -0.25) is 10.1 Å². The number of hydrogen-bond donors (Lipinski definition) is 1. The van der Waals surface area contributed by atoms with E-state index < -0.39 is 10.5 Å². The summed E-state index contributed by atoms with van der Waals surface area (Å²) < 4.78 is 10.4. The number of benzene rings is 2. The molecule has 140 valence electrons. The molecule has 0 atom stereocenters. The van der Waals surface area contributed by atoms with Crippen LogP contribution in [0.25, 0.3) is 21.5 Å². The summed E-state index contributed by atoms with van der Waals surface area (Å²) in [7, 11) is 1.59. The van der Waals surface area contributed by atoms with Crippen molar-refractivity contribution >= 4 is 38.8 Å². The number of nitrogens with zero attached hydrogens (tertiary/aromatic N) is 3. The standard InChI is InChI=1S/C18H12N4O5S/c1-26-13-5-2-11(3-6-13)19-18-21-20-16(28-18)14-9-10-8-12(22(24)25)4-7-15(10)27-17(14)23/h2-9H,1H3,(H,19,21). The van der Waals surface area contributed by atoms with E-state index in [2.05, 4.69) is 15.5 Å². The molecule has 0 aliphatic rings. The molecule has 2 aromatic heterocycles. The van der Waals surface area contributed by atoms with Gasteiger partial charge in [0, 0.05) is 23.2 Å². The summed E-state index contributed by atoms with van der Waals surface area (Å²) in [6.45, 7) is 0. The molecule has 2 aromatic carbocycles. The number of rotatable bonds is 5. The zero-order valence-electron chi connectivity index (χ0n) is 14.4. The molecule has 0 spiro atoms. The first-order valence-corrected chi connectivity index (χ1v) is 8.82. The highest BCUT2D eigenvalue weighted by molar-refractivity contribution is 7.18. The molecule has 0 aliphatic heterocycles. The van der Waals surface area contributed by atoms with Gasteiger partial charge < -0.3 is 14.5 Å². The van der Waals surface area contributed by atoms with Gasteiger partial charge in [-0.25, -0.2) is 4.79 Å². The summed E-state index contributed by atoms with van der Waals surface area (Å²) >= 11 is 1.17. The summed E-state index contributed by atoms with van der Waals surface area (Å²) in [5.41, 5.74) is 0.554. The van der Waals surface area contributed by atoms with Crippen LogP contribution in [-0.4, -0.2) is 22.2 Å². The van der Waals surface area contributed by atoms with E-state index in [0.717, 1.165) is 11.4 Å². The van der Waals surface area contributed by atoms with Crippen molar-refractivity contribution in [2.24, 2.45) is 0 Å². The zero-order chi connectivity index (χ0) is 19.7. The third-order valence-corrected chi connectivity index (χ3v) is 4.80. The van der Waals surface area contributed by atoms with Crippen LogP contribution in [-0.2, 0) is 0 Å². The highest BCUT2D eigenvalue weighted by atomic mass is 32.1. The fourth-order valence-electron chi connectivity index (χ4n) is 2.55. The lowest BCUT2D eigenvalue weighted by Crippen LogP contribution is -2.02. The Kier molecular flexibility index (Phi) is 4.45. The van der Waals surface area contributed by atoms with Gasteiger partial charge >= 0.3 is 5.63 Å². The van der Waals surface area contributed by atoms with Gasteiger partial charge in [0.15, 0.2) is 5.01 Å². The SMILES string of the molecule is COc1ccc(Nc2nnc(-c3cc4cc([N+](=O)[O-])ccc4oc3=O)s2)cc1. The van der Waals surface area contributed by atoms with Crippen LogP contribution in [0.3, 0.4) is 0 Å². The molecule has 4 aromatic rings. The summed E-state index contributed by atoms with van der Waals surface area (Å²) in [6.07, 6.45) is 0. The Morgan fingerprint density at radius 3 is 2.64 bits per heavy atom. The maximum Gasteiger partial charge on any atom is 0.346 e. The van der Waals surface area contributed by atoms with Crippen LogP contribution in [0.1, 0.15) is 0 Å². The number of hydrogen-bond acceptors (Lipinski definition) is 9. The summed E-state index contributed by atoms with van der Waals surface area (Å²) in [5.74, 6) is 0.728. The molecule has 0 saturated heterocycles. The lowest BCUT2D eigenvalue weighted by Gasteiger charge is -2.03. The van der Waals surface area contributed by atoms with E-state index in [1.807, 2.05) is 12.1 Å². The van der Waals surface area contributed by atoms with Crippen LogP contribution >= 0.6 is 11.3 Å². The molecule has 0 aliphatic carbocycles. The van der Waals surface area contributed by atoms with Crippen LogP contribution < -0.4 is 15.7 Å². The molecule has 0 amide bonds. The van der Waals surface area contributed by atoms with Gasteiger partial charge in [0.1, 0.15) is 11.3 Å². The number of non-ortho nitro benzene ring substituents is 1. The Morgan fingerprint density at radius 1 is 1.14 bits per heavy atom. The van der Waals surface area contributed by atoms with E-state index in [9.17, 15) is 14.9 Å². The van der Waals surface area contributed by atoms with E-state index in [0.29, 0.717) is 15.5 Å². The highest BCUT2D eigenvalue weighted by Crippen LogP contribution is 2.29. The number of methoxy groups -OCH3 is 1. The molecule has 2 heterocycles. The van der Waals surface area contributed by atoms with Crippen molar-refractivity contribution in [2.45, 2.75) is 0 Å². The number of nitro benzene ring substituents is 1. The van der Waals surface area contributed by atoms with Crippen molar-refractivity contribution in [3.8, 4) is 16.3 Å². The van der Waals surface area contributed by atoms with E-state index in [1.165, 1.54) is 35.6 Å². The predicted octanol–water partition coefficient (Wildman–Crippen LogP) is 3.97. The Morgan fingerprint density at radius 2 is 1.93 bits per heavy atom. The number of nitro groups is 1. The monoisotopic (exact) mass is 396 g/mol. The largest absolute Gasteiger partial charge is 0.497 e. The summed E-state index contributed by atoms with van der Waals surface area (Å²) in [5, 5.41) is 23.4. The molecule has 0 unspecified atom stereocenters. The highest BCUT2D eigenvalue weighted by Gasteiger charge is 2.15. The minimum atomic E-state index is -0.589. The van der Waals surface area contributed by atoms with Gasteiger partial charge in [-0.05, 0) is 36.4 Å². The minimum absolute atomic E-state index is 0.0913. The Hall–Kier alpha value is -3.79. The van der Waals surface area contributed by atoms with E-state index >= 15 is 0 Å². The molecule has 4 rings (SSSR count).